The lowest BCUT2D eigenvalue weighted by molar-refractivity contribution is 0.628. The van der Waals surface area contributed by atoms with E-state index in [0.29, 0.717) is 46.6 Å². The van der Waals surface area contributed by atoms with E-state index in [-0.39, 0.29) is 5.82 Å². The second-order valence-electron chi connectivity index (χ2n) is 8.41. The average molecular weight is 470 g/mol. The van der Waals surface area contributed by atoms with Crippen molar-refractivity contribution in [3.05, 3.63) is 65.1 Å². The molecule has 0 spiro atoms. The average Bonchev–Trinajstić information content (AvgIpc) is 3.49. The first kappa shape index (κ1) is 19.9. The second kappa shape index (κ2) is 7.71. The van der Waals surface area contributed by atoms with Crippen LogP contribution in [-0.4, -0.2) is 45.1 Å². The number of benzene rings is 2. The van der Waals surface area contributed by atoms with E-state index in [9.17, 15) is 8.60 Å². The Hall–Kier alpha value is -2.71. The van der Waals surface area contributed by atoms with Crippen LogP contribution in [0.15, 0.2) is 53.4 Å². The Labute approximate surface area is 192 Å². The van der Waals surface area contributed by atoms with Crippen molar-refractivity contribution in [3.63, 3.8) is 0 Å². The number of hydrogen-bond acceptors (Lipinski definition) is 6. The van der Waals surface area contributed by atoms with E-state index in [2.05, 4.69) is 27.2 Å². The minimum absolute atomic E-state index is 0.308. The zero-order chi connectivity index (χ0) is 21.8. The van der Waals surface area contributed by atoms with Gasteiger partial charge in [-0.05, 0) is 48.9 Å². The van der Waals surface area contributed by atoms with Crippen molar-refractivity contribution in [2.75, 3.05) is 34.0 Å². The van der Waals surface area contributed by atoms with Crippen LogP contribution in [0.4, 0.5) is 27.5 Å². The first-order valence-electron chi connectivity index (χ1n) is 10.7. The van der Waals surface area contributed by atoms with E-state index in [1.54, 1.807) is 12.1 Å². The molecule has 1 aromatic heterocycles. The second-order valence-corrected chi connectivity index (χ2v) is 10.4. The molecule has 0 saturated carbocycles. The molecule has 3 atom stereocenters. The molecule has 2 saturated heterocycles. The maximum atomic E-state index is 13.7. The summed E-state index contributed by atoms with van der Waals surface area (Å²) in [6, 6.07) is 14.9. The Morgan fingerprint density at radius 2 is 1.84 bits per heavy atom. The summed E-state index contributed by atoms with van der Waals surface area (Å²) in [5.41, 5.74) is 2.59. The lowest BCUT2D eigenvalue weighted by Gasteiger charge is -2.36. The molecule has 9 heteroatoms. The molecule has 3 unspecified atom stereocenters. The van der Waals surface area contributed by atoms with Crippen molar-refractivity contribution in [1.29, 1.82) is 0 Å². The highest BCUT2D eigenvalue weighted by atomic mass is 35.5. The molecule has 32 heavy (non-hydrogen) atoms. The molecule has 2 aromatic carbocycles. The van der Waals surface area contributed by atoms with E-state index < -0.39 is 10.8 Å². The van der Waals surface area contributed by atoms with Gasteiger partial charge in [0.15, 0.2) is 5.82 Å². The number of aryl methyl sites for hydroxylation is 1. The highest BCUT2D eigenvalue weighted by Crippen LogP contribution is 2.39. The summed E-state index contributed by atoms with van der Waals surface area (Å²) in [6.45, 7) is 1.72. The Bertz CT molecular complexity index is 1220. The van der Waals surface area contributed by atoms with E-state index >= 15 is 0 Å². The van der Waals surface area contributed by atoms with Crippen molar-refractivity contribution in [2.24, 2.45) is 0 Å². The quantitative estimate of drug-likeness (QED) is 0.619. The Morgan fingerprint density at radius 3 is 2.59 bits per heavy atom. The molecule has 3 aliphatic rings. The van der Waals surface area contributed by atoms with Gasteiger partial charge in [-0.2, -0.15) is 4.98 Å². The summed E-state index contributed by atoms with van der Waals surface area (Å²) in [5.74, 6) is 1.39. The SMILES string of the molecule is O=S1CCc2nc(N3CC4CC3CN4c3ccc(Cl)cc3)nc(Nc3cccc(F)c3)c21. The van der Waals surface area contributed by atoms with Gasteiger partial charge in [0.05, 0.1) is 22.5 Å². The summed E-state index contributed by atoms with van der Waals surface area (Å²) in [5, 5.41) is 3.93. The van der Waals surface area contributed by atoms with Crippen LogP contribution in [0.1, 0.15) is 12.1 Å². The zero-order valence-corrected chi connectivity index (χ0v) is 18.7. The normalized spacial score (nSPS) is 23.6. The molecule has 0 radical (unpaired) electrons. The summed E-state index contributed by atoms with van der Waals surface area (Å²) in [7, 11) is -1.15. The Morgan fingerprint density at radius 1 is 1.06 bits per heavy atom. The van der Waals surface area contributed by atoms with Crippen LogP contribution in [0, 0.1) is 5.82 Å². The Kier molecular flexibility index (Phi) is 4.80. The minimum Gasteiger partial charge on any atom is -0.365 e. The first-order chi connectivity index (χ1) is 15.5. The maximum absolute atomic E-state index is 13.7. The third-order valence-corrected chi connectivity index (χ3v) is 8.13. The largest absolute Gasteiger partial charge is 0.365 e. The van der Waals surface area contributed by atoms with Crippen molar-refractivity contribution in [2.45, 2.75) is 29.8 Å². The number of aromatic nitrogens is 2. The van der Waals surface area contributed by atoms with Crippen LogP contribution in [0.25, 0.3) is 0 Å². The molecule has 1 N–H and O–H groups in total. The molecule has 0 aliphatic carbocycles. The number of halogens is 2. The number of anilines is 4. The summed E-state index contributed by atoms with van der Waals surface area (Å²) >= 11 is 6.05. The molecular formula is C23H21ClFN5OS. The number of hydrogen-bond donors (Lipinski definition) is 1. The zero-order valence-electron chi connectivity index (χ0n) is 17.2. The lowest BCUT2D eigenvalue weighted by atomic mass is 10.2. The van der Waals surface area contributed by atoms with Gasteiger partial charge in [-0.1, -0.05) is 17.7 Å². The van der Waals surface area contributed by atoms with Gasteiger partial charge < -0.3 is 15.1 Å². The van der Waals surface area contributed by atoms with Crippen molar-refractivity contribution >= 4 is 45.5 Å². The van der Waals surface area contributed by atoms with Crippen LogP contribution < -0.4 is 15.1 Å². The van der Waals surface area contributed by atoms with Crippen LogP contribution in [-0.2, 0) is 17.2 Å². The van der Waals surface area contributed by atoms with Gasteiger partial charge in [-0.25, -0.2) is 9.37 Å². The fraction of sp³-hybridized carbons (Fsp3) is 0.304. The van der Waals surface area contributed by atoms with Crippen LogP contribution in [0.3, 0.4) is 0 Å². The van der Waals surface area contributed by atoms with E-state index in [4.69, 9.17) is 21.6 Å². The van der Waals surface area contributed by atoms with E-state index in [1.165, 1.54) is 17.8 Å². The van der Waals surface area contributed by atoms with Crippen LogP contribution >= 0.6 is 11.6 Å². The smallest absolute Gasteiger partial charge is 0.228 e. The molecule has 2 bridgehead atoms. The van der Waals surface area contributed by atoms with Gasteiger partial charge in [0, 0.05) is 47.7 Å². The van der Waals surface area contributed by atoms with Crippen LogP contribution in [0.5, 0.6) is 0 Å². The maximum Gasteiger partial charge on any atom is 0.228 e. The fourth-order valence-electron chi connectivity index (χ4n) is 4.96. The molecule has 6 rings (SSSR count). The third kappa shape index (κ3) is 3.42. The van der Waals surface area contributed by atoms with Crippen LogP contribution in [0.2, 0.25) is 5.02 Å². The van der Waals surface area contributed by atoms with Gasteiger partial charge in [0.1, 0.15) is 10.7 Å². The highest BCUT2D eigenvalue weighted by Gasteiger charge is 2.45. The molecule has 6 nitrogen and oxygen atoms in total. The number of piperazine rings is 1. The molecule has 3 aromatic rings. The topological polar surface area (TPSA) is 61.4 Å². The number of rotatable bonds is 4. The number of nitrogens with one attached hydrogen (secondary N) is 1. The number of fused-ring (bicyclic) bond motifs is 3. The molecule has 2 fully saturated rings. The van der Waals surface area contributed by atoms with Crippen molar-refractivity contribution < 1.29 is 8.60 Å². The van der Waals surface area contributed by atoms with E-state index in [0.717, 1.165) is 30.2 Å². The van der Waals surface area contributed by atoms with Gasteiger partial charge in [-0.3, -0.25) is 4.21 Å². The minimum atomic E-state index is -1.15. The summed E-state index contributed by atoms with van der Waals surface area (Å²) < 4.78 is 26.3. The monoisotopic (exact) mass is 469 g/mol. The fourth-order valence-corrected chi connectivity index (χ4v) is 6.39. The molecule has 164 valence electrons. The predicted octanol–water partition coefficient (Wildman–Crippen LogP) is 4.14. The van der Waals surface area contributed by atoms with Gasteiger partial charge >= 0.3 is 0 Å². The third-order valence-electron chi connectivity index (χ3n) is 6.42. The lowest BCUT2D eigenvalue weighted by Crippen LogP contribution is -2.47. The van der Waals surface area contributed by atoms with Gasteiger partial charge in [0.2, 0.25) is 5.95 Å². The first-order valence-corrected chi connectivity index (χ1v) is 12.4. The number of nitrogens with zero attached hydrogens (tertiary/aromatic N) is 4. The summed E-state index contributed by atoms with van der Waals surface area (Å²) in [6.07, 6.45) is 1.70. The molecule has 0 amide bonds. The highest BCUT2D eigenvalue weighted by molar-refractivity contribution is 7.85. The van der Waals surface area contributed by atoms with Gasteiger partial charge in [0.25, 0.3) is 0 Å². The predicted molar refractivity (Wildman–Crippen MR) is 125 cm³/mol. The van der Waals surface area contributed by atoms with Gasteiger partial charge in [-0.15, -0.1) is 0 Å². The summed E-state index contributed by atoms with van der Waals surface area (Å²) in [4.78, 5) is 14.9. The van der Waals surface area contributed by atoms with Crippen molar-refractivity contribution in [1.82, 2.24) is 9.97 Å². The van der Waals surface area contributed by atoms with E-state index in [1.807, 2.05) is 12.1 Å². The standard InChI is InChI=1S/C23H21ClFN5OS/c24-14-4-6-17(7-5-14)29-12-19-11-18(29)13-30(19)23-27-20-8-9-32(31)21(20)22(28-23)26-16-3-1-2-15(25)10-16/h1-7,10,18-19H,8-9,11-13H2,(H,26,27,28). The van der Waals surface area contributed by atoms with Crippen molar-refractivity contribution in [3.8, 4) is 0 Å². The molecule has 4 heterocycles. The Balaban J connectivity index is 1.30. The molecule has 3 aliphatic heterocycles. The molecular weight excluding hydrogens is 449 g/mol.